The van der Waals surface area contributed by atoms with Crippen molar-refractivity contribution in [2.45, 2.75) is 44.8 Å². The third-order valence-electron chi connectivity index (χ3n) is 3.13. The summed E-state index contributed by atoms with van der Waals surface area (Å²) in [5, 5.41) is 10.2. The molecule has 96 valence electrons. The van der Waals surface area contributed by atoms with E-state index in [4.69, 9.17) is 0 Å². The number of carbonyl (C=O) groups is 1. The molecule has 0 radical (unpaired) electrons. The van der Waals surface area contributed by atoms with Crippen LogP contribution in [0.2, 0.25) is 0 Å². The minimum Gasteiger partial charge on any atom is -0.353 e. The van der Waals surface area contributed by atoms with Crippen molar-refractivity contribution >= 4 is 11.9 Å². The van der Waals surface area contributed by atoms with Crippen LogP contribution in [0.15, 0.2) is 17.4 Å². The van der Waals surface area contributed by atoms with Crippen LogP contribution in [0, 0.1) is 0 Å². The lowest BCUT2D eigenvalue weighted by Gasteiger charge is -2.03. The fraction of sp³-hybridized carbons (Fsp3) is 0.583. The molecule has 6 heteroatoms. The number of nitrogens with one attached hydrogen (secondary N) is 2. The molecule has 1 atom stereocenters. The van der Waals surface area contributed by atoms with Gasteiger partial charge in [0, 0.05) is 23.8 Å². The van der Waals surface area contributed by atoms with E-state index in [2.05, 4.69) is 34.6 Å². The number of hydrogen-bond acceptors (Lipinski definition) is 4. The van der Waals surface area contributed by atoms with Crippen LogP contribution in [0.3, 0.4) is 0 Å². The van der Waals surface area contributed by atoms with Crippen molar-refractivity contribution in [1.29, 1.82) is 0 Å². The van der Waals surface area contributed by atoms with Gasteiger partial charge in [0.1, 0.15) is 0 Å². The van der Waals surface area contributed by atoms with Gasteiger partial charge in [0.2, 0.25) is 0 Å². The topological polar surface area (TPSA) is 71.3 Å². The van der Waals surface area contributed by atoms with Gasteiger partial charge in [-0.05, 0) is 26.7 Å². The Kier molecular flexibility index (Phi) is 2.57. The lowest BCUT2D eigenvalue weighted by atomic mass is 10.2. The molecule has 18 heavy (non-hydrogen) atoms. The predicted molar refractivity (Wildman–Crippen MR) is 67.1 cm³/mol. The Morgan fingerprint density at radius 2 is 2.28 bits per heavy atom. The van der Waals surface area contributed by atoms with Crippen LogP contribution in [-0.2, 0) is 4.79 Å². The molecule has 0 bridgehead atoms. The summed E-state index contributed by atoms with van der Waals surface area (Å²) >= 11 is 0. The highest BCUT2D eigenvalue weighted by Crippen LogP contribution is 2.23. The maximum Gasteiger partial charge on any atom is 0.256 e. The van der Waals surface area contributed by atoms with E-state index in [0.29, 0.717) is 12.0 Å². The number of guanidine groups is 1. The first kappa shape index (κ1) is 11.3. The van der Waals surface area contributed by atoms with Crippen LogP contribution >= 0.6 is 0 Å². The zero-order valence-corrected chi connectivity index (χ0v) is 10.6. The van der Waals surface area contributed by atoms with E-state index in [1.165, 1.54) is 0 Å². The molecule has 1 aliphatic carbocycles. The van der Waals surface area contributed by atoms with Crippen molar-refractivity contribution < 1.29 is 4.79 Å². The second-order valence-electron chi connectivity index (χ2n) is 5.14. The number of carbonyl (C=O) groups excluding carboxylic acids is 1. The Hall–Kier alpha value is -1.85. The molecule has 2 aliphatic rings. The highest BCUT2D eigenvalue weighted by atomic mass is 16.2. The summed E-state index contributed by atoms with van der Waals surface area (Å²) in [6.07, 6.45) is 5.92. The standard InChI is InChI=1S/C12H17N5O/c1-7(2)17-6-8(5-13-17)10-11(18)16-12(15-10)14-9-3-4-9/h5-7,9-10H,3-4H2,1-2H3,(H2,14,15,16,18). The lowest BCUT2D eigenvalue weighted by Crippen LogP contribution is -2.37. The monoisotopic (exact) mass is 247 g/mol. The van der Waals surface area contributed by atoms with Gasteiger partial charge in [-0.25, -0.2) is 4.99 Å². The maximum absolute atomic E-state index is 11.9. The molecule has 1 amide bonds. The molecule has 3 rings (SSSR count). The second kappa shape index (κ2) is 4.12. The molecule has 0 spiro atoms. The molecule has 0 saturated heterocycles. The Morgan fingerprint density at radius 1 is 1.50 bits per heavy atom. The molecule has 1 saturated carbocycles. The van der Waals surface area contributed by atoms with E-state index in [0.717, 1.165) is 18.4 Å². The Bertz CT molecular complexity index is 500. The molecule has 1 fully saturated rings. The van der Waals surface area contributed by atoms with Gasteiger partial charge in [-0.2, -0.15) is 5.10 Å². The number of hydrogen-bond donors (Lipinski definition) is 2. The zero-order valence-electron chi connectivity index (χ0n) is 10.6. The highest BCUT2D eigenvalue weighted by Gasteiger charge is 2.32. The van der Waals surface area contributed by atoms with Crippen molar-refractivity contribution in [3.8, 4) is 0 Å². The Balaban J connectivity index is 1.77. The van der Waals surface area contributed by atoms with Crippen molar-refractivity contribution in [2.24, 2.45) is 4.99 Å². The molecule has 0 aromatic carbocycles. The van der Waals surface area contributed by atoms with Gasteiger partial charge in [-0.1, -0.05) is 0 Å². The van der Waals surface area contributed by atoms with E-state index >= 15 is 0 Å². The number of aliphatic imine (C=N–C) groups is 1. The quantitative estimate of drug-likeness (QED) is 0.827. The average molecular weight is 247 g/mol. The van der Waals surface area contributed by atoms with Gasteiger partial charge in [-0.15, -0.1) is 0 Å². The van der Waals surface area contributed by atoms with Gasteiger partial charge in [0.15, 0.2) is 12.0 Å². The van der Waals surface area contributed by atoms with E-state index in [1.54, 1.807) is 6.20 Å². The summed E-state index contributed by atoms with van der Waals surface area (Å²) < 4.78 is 1.84. The van der Waals surface area contributed by atoms with E-state index in [9.17, 15) is 4.79 Å². The smallest absolute Gasteiger partial charge is 0.256 e. The number of nitrogens with zero attached hydrogens (tertiary/aromatic N) is 3. The fourth-order valence-electron chi connectivity index (χ4n) is 1.90. The predicted octanol–water partition coefficient (Wildman–Crippen LogP) is 0.743. The van der Waals surface area contributed by atoms with E-state index in [1.807, 2.05) is 10.9 Å². The first-order valence-electron chi connectivity index (χ1n) is 6.33. The van der Waals surface area contributed by atoms with Crippen LogP contribution in [0.4, 0.5) is 0 Å². The summed E-state index contributed by atoms with van der Waals surface area (Å²) in [6, 6.07) is 0.316. The number of amides is 1. The minimum absolute atomic E-state index is 0.0820. The number of aromatic nitrogens is 2. The van der Waals surface area contributed by atoms with E-state index < -0.39 is 6.04 Å². The molecule has 2 heterocycles. The molecule has 2 N–H and O–H groups in total. The van der Waals surface area contributed by atoms with Gasteiger partial charge in [0.25, 0.3) is 5.91 Å². The molecule has 1 aliphatic heterocycles. The third kappa shape index (κ3) is 2.10. The molecular formula is C12H17N5O. The van der Waals surface area contributed by atoms with Crippen molar-refractivity contribution in [2.75, 3.05) is 0 Å². The molecule has 1 aromatic rings. The number of rotatable bonds is 3. The molecule has 6 nitrogen and oxygen atoms in total. The van der Waals surface area contributed by atoms with Crippen LogP contribution < -0.4 is 10.6 Å². The molecule has 1 aromatic heterocycles. The minimum atomic E-state index is -0.459. The summed E-state index contributed by atoms with van der Waals surface area (Å²) in [7, 11) is 0. The highest BCUT2D eigenvalue weighted by molar-refractivity contribution is 6.05. The van der Waals surface area contributed by atoms with Crippen molar-refractivity contribution in [1.82, 2.24) is 20.4 Å². The summed E-state index contributed by atoms with van der Waals surface area (Å²) in [5.74, 6) is 0.520. The fourth-order valence-corrected chi connectivity index (χ4v) is 1.90. The van der Waals surface area contributed by atoms with Crippen LogP contribution in [0.1, 0.15) is 44.3 Å². The Labute approximate surface area is 105 Å². The lowest BCUT2D eigenvalue weighted by molar-refractivity contribution is -0.120. The molecular weight excluding hydrogens is 230 g/mol. The zero-order chi connectivity index (χ0) is 12.7. The summed E-state index contributed by atoms with van der Waals surface area (Å²) in [6.45, 7) is 4.10. The average Bonchev–Trinajstić information content (AvgIpc) is 2.87. The van der Waals surface area contributed by atoms with Crippen LogP contribution in [-0.4, -0.2) is 27.7 Å². The third-order valence-corrected chi connectivity index (χ3v) is 3.13. The second-order valence-corrected chi connectivity index (χ2v) is 5.14. The van der Waals surface area contributed by atoms with Crippen LogP contribution in [0.5, 0.6) is 0 Å². The molecule has 1 unspecified atom stereocenters. The summed E-state index contributed by atoms with van der Waals surface area (Å²) in [4.78, 5) is 16.2. The first-order valence-corrected chi connectivity index (χ1v) is 6.33. The van der Waals surface area contributed by atoms with E-state index in [-0.39, 0.29) is 11.9 Å². The van der Waals surface area contributed by atoms with Gasteiger partial charge < -0.3 is 5.32 Å². The van der Waals surface area contributed by atoms with Crippen LogP contribution in [0.25, 0.3) is 0 Å². The van der Waals surface area contributed by atoms with Crippen molar-refractivity contribution in [3.05, 3.63) is 18.0 Å². The first-order chi connectivity index (χ1) is 8.63. The summed E-state index contributed by atoms with van der Waals surface area (Å²) in [5.41, 5.74) is 0.841. The Morgan fingerprint density at radius 3 is 2.89 bits per heavy atom. The van der Waals surface area contributed by atoms with Gasteiger partial charge in [0.05, 0.1) is 6.20 Å². The maximum atomic E-state index is 11.9. The van der Waals surface area contributed by atoms with Crippen molar-refractivity contribution in [3.63, 3.8) is 0 Å². The normalized spacial score (nSPS) is 23.2. The largest absolute Gasteiger partial charge is 0.353 e. The SMILES string of the molecule is CC(C)n1cc(C2N=C(NC3CC3)NC2=O)cn1. The van der Waals surface area contributed by atoms with Gasteiger partial charge in [-0.3, -0.25) is 14.8 Å². The van der Waals surface area contributed by atoms with Gasteiger partial charge >= 0.3 is 0 Å².